The molecule has 1 aromatic rings. The minimum absolute atomic E-state index is 0.0812. The fourth-order valence-electron chi connectivity index (χ4n) is 3.28. The van der Waals surface area contributed by atoms with Gasteiger partial charge in [-0.25, -0.2) is 4.79 Å². The number of hydrogen-bond donors (Lipinski definition) is 2. The zero-order chi connectivity index (χ0) is 18.1. The molecule has 0 aliphatic heterocycles. The molecule has 1 saturated carbocycles. The fraction of sp³-hybridized carbons (Fsp3) is 0.778. The lowest BCUT2D eigenvalue weighted by Crippen LogP contribution is -2.42. The molecule has 24 heavy (non-hydrogen) atoms. The molecule has 3 atom stereocenters. The largest absolute Gasteiger partial charge is 0.393 e. The lowest BCUT2D eigenvalue weighted by molar-refractivity contribution is 0.113. The van der Waals surface area contributed by atoms with Crippen molar-refractivity contribution in [2.75, 3.05) is 13.6 Å². The highest BCUT2D eigenvalue weighted by atomic mass is 16.3. The minimum Gasteiger partial charge on any atom is -0.393 e. The average molecular weight is 336 g/mol. The van der Waals surface area contributed by atoms with Gasteiger partial charge in [0.1, 0.15) is 0 Å². The van der Waals surface area contributed by atoms with Gasteiger partial charge in [0.05, 0.1) is 23.4 Å². The van der Waals surface area contributed by atoms with Gasteiger partial charge in [-0.1, -0.05) is 6.42 Å². The second-order valence-electron chi connectivity index (χ2n) is 8.10. The predicted molar refractivity (Wildman–Crippen MR) is 94.9 cm³/mol. The Bertz CT molecular complexity index is 576. The van der Waals surface area contributed by atoms with Crippen LogP contribution >= 0.6 is 0 Å². The first-order chi connectivity index (χ1) is 11.1. The van der Waals surface area contributed by atoms with E-state index in [9.17, 15) is 9.90 Å². The number of aromatic nitrogens is 2. The summed E-state index contributed by atoms with van der Waals surface area (Å²) in [5.41, 5.74) is 1.89. The van der Waals surface area contributed by atoms with E-state index >= 15 is 0 Å². The van der Waals surface area contributed by atoms with Crippen LogP contribution < -0.4 is 5.32 Å². The SMILES string of the molecule is Cc1nn(C(C)(C)C)cc1[C@H](C)NC(=O)N(C)C[C@H]1CCC[C@H]1O. The second kappa shape index (κ2) is 7.13. The Morgan fingerprint density at radius 2 is 2.17 bits per heavy atom. The van der Waals surface area contributed by atoms with E-state index in [2.05, 4.69) is 31.2 Å². The van der Waals surface area contributed by atoms with Crippen LogP contribution in [0.2, 0.25) is 0 Å². The Labute approximate surface area is 145 Å². The summed E-state index contributed by atoms with van der Waals surface area (Å²) >= 11 is 0. The maximum Gasteiger partial charge on any atom is 0.317 e. The molecule has 0 radical (unpaired) electrons. The predicted octanol–water partition coefficient (Wildman–Crippen LogP) is 2.81. The molecule has 0 bridgehead atoms. The highest BCUT2D eigenvalue weighted by Gasteiger charge is 2.28. The summed E-state index contributed by atoms with van der Waals surface area (Å²) in [6.45, 7) is 10.9. The first-order valence-electron chi connectivity index (χ1n) is 8.86. The van der Waals surface area contributed by atoms with Crippen LogP contribution in [0.5, 0.6) is 0 Å². The number of nitrogens with one attached hydrogen (secondary N) is 1. The highest BCUT2D eigenvalue weighted by molar-refractivity contribution is 5.74. The number of aryl methyl sites for hydroxylation is 1. The molecule has 0 spiro atoms. The molecular weight excluding hydrogens is 304 g/mol. The number of rotatable bonds is 4. The maximum absolute atomic E-state index is 12.4. The molecule has 1 aliphatic carbocycles. The van der Waals surface area contributed by atoms with Crippen molar-refractivity contribution in [3.63, 3.8) is 0 Å². The van der Waals surface area contributed by atoms with Crippen LogP contribution in [0.1, 0.15) is 64.3 Å². The van der Waals surface area contributed by atoms with E-state index in [-0.39, 0.29) is 29.6 Å². The summed E-state index contributed by atoms with van der Waals surface area (Å²) in [6, 6.07) is -0.214. The molecule has 0 unspecified atom stereocenters. The monoisotopic (exact) mass is 336 g/mol. The molecule has 6 heteroatoms. The number of hydrogen-bond acceptors (Lipinski definition) is 3. The fourth-order valence-corrected chi connectivity index (χ4v) is 3.28. The average Bonchev–Trinajstić information content (AvgIpc) is 3.05. The third-order valence-electron chi connectivity index (χ3n) is 4.90. The summed E-state index contributed by atoms with van der Waals surface area (Å²) in [5.74, 6) is 0.196. The van der Waals surface area contributed by atoms with Crippen molar-refractivity contribution in [2.45, 2.75) is 71.6 Å². The molecule has 1 fully saturated rings. The summed E-state index contributed by atoms with van der Waals surface area (Å²) in [5, 5.41) is 17.5. The van der Waals surface area contributed by atoms with Gasteiger partial charge in [-0.15, -0.1) is 0 Å². The zero-order valence-corrected chi connectivity index (χ0v) is 15.8. The zero-order valence-electron chi connectivity index (χ0n) is 15.8. The van der Waals surface area contributed by atoms with Crippen molar-refractivity contribution in [2.24, 2.45) is 5.92 Å². The van der Waals surface area contributed by atoms with E-state index in [1.807, 2.05) is 24.7 Å². The second-order valence-corrected chi connectivity index (χ2v) is 8.10. The van der Waals surface area contributed by atoms with E-state index in [4.69, 9.17) is 0 Å². The number of nitrogens with zero attached hydrogens (tertiary/aromatic N) is 3. The van der Waals surface area contributed by atoms with Gasteiger partial charge in [-0.05, 0) is 47.5 Å². The molecule has 1 heterocycles. The van der Waals surface area contributed by atoms with Gasteiger partial charge in [-0.2, -0.15) is 5.10 Å². The lowest BCUT2D eigenvalue weighted by atomic mass is 10.1. The minimum atomic E-state index is -0.273. The highest BCUT2D eigenvalue weighted by Crippen LogP contribution is 2.26. The number of aliphatic hydroxyl groups excluding tert-OH is 1. The Kier molecular flexibility index (Phi) is 5.58. The van der Waals surface area contributed by atoms with E-state index in [1.54, 1.807) is 11.9 Å². The molecule has 2 amide bonds. The van der Waals surface area contributed by atoms with Crippen LogP contribution in [0.25, 0.3) is 0 Å². The van der Waals surface area contributed by atoms with E-state index < -0.39 is 0 Å². The molecule has 2 rings (SSSR count). The molecule has 136 valence electrons. The molecule has 2 N–H and O–H groups in total. The Balaban J connectivity index is 1.97. The van der Waals surface area contributed by atoms with Gasteiger partial charge in [0.2, 0.25) is 0 Å². The first kappa shape index (κ1) is 18.8. The number of carbonyl (C=O) groups is 1. The van der Waals surface area contributed by atoms with Crippen LogP contribution in [-0.2, 0) is 5.54 Å². The summed E-state index contributed by atoms with van der Waals surface area (Å²) in [7, 11) is 1.79. The molecule has 6 nitrogen and oxygen atoms in total. The number of amides is 2. The maximum atomic E-state index is 12.4. The van der Waals surface area contributed by atoms with E-state index in [0.29, 0.717) is 6.54 Å². The molecule has 1 aliphatic rings. The standard InChI is InChI=1S/C18H32N4O2/c1-12(15-11-22(18(3,4)5)20-13(15)2)19-17(24)21(6)10-14-8-7-9-16(14)23/h11-12,14,16,23H,7-10H2,1-6H3,(H,19,24)/t12-,14+,16+/m0/s1. The van der Waals surface area contributed by atoms with Crippen molar-refractivity contribution >= 4 is 6.03 Å². The normalized spacial score (nSPS) is 22.5. The van der Waals surface area contributed by atoms with Gasteiger partial charge >= 0.3 is 6.03 Å². The first-order valence-corrected chi connectivity index (χ1v) is 8.86. The molecule has 0 aromatic carbocycles. The van der Waals surface area contributed by atoms with Crippen LogP contribution in [-0.4, -0.2) is 45.5 Å². The Hall–Kier alpha value is -1.56. The van der Waals surface area contributed by atoms with Crippen molar-refractivity contribution in [1.82, 2.24) is 20.0 Å². The molecule has 0 saturated heterocycles. The van der Waals surface area contributed by atoms with Crippen LogP contribution in [0.3, 0.4) is 0 Å². The van der Waals surface area contributed by atoms with Crippen molar-refractivity contribution in [3.05, 3.63) is 17.5 Å². The summed E-state index contributed by atoms with van der Waals surface area (Å²) < 4.78 is 1.94. The number of aliphatic hydroxyl groups is 1. The quantitative estimate of drug-likeness (QED) is 0.888. The Morgan fingerprint density at radius 1 is 1.50 bits per heavy atom. The third-order valence-corrected chi connectivity index (χ3v) is 4.90. The van der Waals surface area contributed by atoms with Crippen LogP contribution in [0, 0.1) is 12.8 Å². The van der Waals surface area contributed by atoms with Crippen molar-refractivity contribution in [3.8, 4) is 0 Å². The summed E-state index contributed by atoms with van der Waals surface area (Å²) in [4.78, 5) is 14.1. The van der Waals surface area contributed by atoms with Gasteiger partial charge in [0, 0.05) is 31.3 Å². The van der Waals surface area contributed by atoms with Gasteiger partial charge < -0.3 is 15.3 Å². The van der Waals surface area contributed by atoms with Crippen LogP contribution in [0.4, 0.5) is 4.79 Å². The van der Waals surface area contributed by atoms with Gasteiger partial charge in [0.25, 0.3) is 0 Å². The Morgan fingerprint density at radius 3 is 2.67 bits per heavy atom. The molecular formula is C18H32N4O2. The molecule has 1 aromatic heterocycles. The van der Waals surface area contributed by atoms with Crippen LogP contribution in [0.15, 0.2) is 6.20 Å². The smallest absolute Gasteiger partial charge is 0.317 e. The van der Waals surface area contributed by atoms with Gasteiger partial charge in [0.15, 0.2) is 0 Å². The van der Waals surface area contributed by atoms with Gasteiger partial charge in [-0.3, -0.25) is 4.68 Å². The van der Waals surface area contributed by atoms with E-state index in [1.165, 1.54) is 0 Å². The van der Waals surface area contributed by atoms with Crippen molar-refractivity contribution < 1.29 is 9.90 Å². The topological polar surface area (TPSA) is 70.4 Å². The summed E-state index contributed by atoms with van der Waals surface area (Å²) in [6.07, 6.45) is 4.63. The number of carbonyl (C=O) groups excluding carboxylic acids is 1. The lowest BCUT2D eigenvalue weighted by Gasteiger charge is -2.25. The third kappa shape index (κ3) is 4.29. The van der Waals surface area contributed by atoms with E-state index in [0.717, 1.165) is 30.5 Å². The number of urea groups is 1. The van der Waals surface area contributed by atoms with Crippen molar-refractivity contribution in [1.29, 1.82) is 0 Å².